The van der Waals surface area contributed by atoms with Gasteiger partial charge in [0.2, 0.25) is 0 Å². The first-order chi connectivity index (χ1) is 8.16. The lowest BCUT2D eigenvalue weighted by molar-refractivity contribution is 0.0944. The van der Waals surface area contributed by atoms with Gasteiger partial charge in [0, 0.05) is 29.5 Å². The second-order valence-corrected chi connectivity index (χ2v) is 4.96. The average Bonchev–Trinajstić information content (AvgIpc) is 2.82. The highest BCUT2D eigenvalue weighted by molar-refractivity contribution is 7.80. The number of carbonyl (C=O) groups is 1. The SMILES string of the molecule is Cc1ccc(S)cc1C(=O)NCC1CCOC1. The number of amides is 1. The fourth-order valence-electron chi connectivity index (χ4n) is 1.93. The zero-order chi connectivity index (χ0) is 12.3. The quantitative estimate of drug-likeness (QED) is 0.807. The molecule has 1 fully saturated rings. The van der Waals surface area contributed by atoms with Gasteiger partial charge in [-0.15, -0.1) is 12.6 Å². The van der Waals surface area contributed by atoms with E-state index in [0.717, 1.165) is 30.1 Å². The number of aryl methyl sites for hydroxylation is 1. The van der Waals surface area contributed by atoms with Crippen LogP contribution in [0.25, 0.3) is 0 Å². The van der Waals surface area contributed by atoms with Crippen molar-refractivity contribution in [3.8, 4) is 0 Å². The maximum absolute atomic E-state index is 12.0. The van der Waals surface area contributed by atoms with E-state index in [1.165, 1.54) is 0 Å². The number of ether oxygens (including phenoxy) is 1. The Hall–Kier alpha value is -1.00. The van der Waals surface area contributed by atoms with E-state index in [9.17, 15) is 4.79 Å². The first-order valence-electron chi connectivity index (χ1n) is 5.82. The maximum Gasteiger partial charge on any atom is 0.251 e. The minimum atomic E-state index is -0.0229. The minimum absolute atomic E-state index is 0.0229. The van der Waals surface area contributed by atoms with Crippen molar-refractivity contribution in [3.05, 3.63) is 29.3 Å². The smallest absolute Gasteiger partial charge is 0.251 e. The number of carbonyl (C=O) groups excluding carboxylic acids is 1. The summed E-state index contributed by atoms with van der Waals surface area (Å²) in [5.74, 6) is 0.434. The van der Waals surface area contributed by atoms with Gasteiger partial charge in [-0.2, -0.15) is 0 Å². The molecule has 0 saturated carbocycles. The van der Waals surface area contributed by atoms with E-state index < -0.39 is 0 Å². The Morgan fingerprint density at radius 2 is 2.41 bits per heavy atom. The topological polar surface area (TPSA) is 38.3 Å². The first kappa shape index (κ1) is 12.5. The van der Waals surface area contributed by atoms with E-state index in [1.54, 1.807) is 6.07 Å². The predicted octanol–water partition coefficient (Wildman–Crippen LogP) is 2.05. The molecular weight excluding hydrogens is 234 g/mol. The molecular formula is C13H17NO2S. The third-order valence-corrected chi connectivity index (χ3v) is 3.32. The van der Waals surface area contributed by atoms with Crippen molar-refractivity contribution in [3.63, 3.8) is 0 Å². The fourth-order valence-corrected chi connectivity index (χ4v) is 2.13. The number of hydrogen-bond donors (Lipinski definition) is 2. The molecule has 1 aliphatic rings. The summed E-state index contributed by atoms with van der Waals surface area (Å²) >= 11 is 4.25. The fraction of sp³-hybridized carbons (Fsp3) is 0.462. The van der Waals surface area contributed by atoms with Gasteiger partial charge in [0.15, 0.2) is 0 Å². The zero-order valence-electron chi connectivity index (χ0n) is 9.90. The normalized spacial score (nSPS) is 19.3. The lowest BCUT2D eigenvalue weighted by atomic mass is 10.1. The molecule has 1 N–H and O–H groups in total. The Balaban J connectivity index is 1.96. The van der Waals surface area contributed by atoms with Gasteiger partial charge in [0.1, 0.15) is 0 Å². The molecule has 0 aromatic heterocycles. The monoisotopic (exact) mass is 251 g/mol. The summed E-state index contributed by atoms with van der Waals surface area (Å²) in [5.41, 5.74) is 1.68. The van der Waals surface area contributed by atoms with Crippen LogP contribution in [0.5, 0.6) is 0 Å². The Kier molecular flexibility index (Phi) is 4.07. The highest BCUT2D eigenvalue weighted by Gasteiger charge is 2.17. The van der Waals surface area contributed by atoms with Crippen LogP contribution in [0.15, 0.2) is 23.1 Å². The van der Waals surface area contributed by atoms with Crippen LogP contribution in [0.2, 0.25) is 0 Å². The number of thiol groups is 1. The third-order valence-electron chi connectivity index (χ3n) is 3.04. The van der Waals surface area contributed by atoms with E-state index in [1.807, 2.05) is 19.1 Å². The van der Waals surface area contributed by atoms with Gasteiger partial charge in [-0.25, -0.2) is 0 Å². The Morgan fingerprint density at radius 3 is 3.12 bits per heavy atom. The van der Waals surface area contributed by atoms with E-state index in [4.69, 9.17) is 4.74 Å². The second-order valence-electron chi connectivity index (χ2n) is 4.44. The maximum atomic E-state index is 12.0. The largest absolute Gasteiger partial charge is 0.381 e. The number of benzene rings is 1. The van der Waals surface area contributed by atoms with Gasteiger partial charge in [-0.1, -0.05) is 6.07 Å². The Morgan fingerprint density at radius 1 is 1.59 bits per heavy atom. The van der Waals surface area contributed by atoms with Crippen LogP contribution >= 0.6 is 12.6 Å². The molecule has 0 bridgehead atoms. The molecule has 1 atom stereocenters. The summed E-state index contributed by atoms with van der Waals surface area (Å²) in [6, 6.07) is 5.61. The molecule has 17 heavy (non-hydrogen) atoms. The van der Waals surface area contributed by atoms with E-state index in [2.05, 4.69) is 17.9 Å². The molecule has 0 aliphatic carbocycles. The molecule has 1 amide bonds. The molecule has 1 unspecified atom stereocenters. The summed E-state index contributed by atoms with van der Waals surface area (Å²) in [4.78, 5) is 12.8. The van der Waals surface area contributed by atoms with Crippen LogP contribution in [0.4, 0.5) is 0 Å². The van der Waals surface area contributed by atoms with Crippen molar-refractivity contribution >= 4 is 18.5 Å². The van der Waals surface area contributed by atoms with Gasteiger partial charge in [-0.05, 0) is 31.0 Å². The van der Waals surface area contributed by atoms with Crippen molar-refractivity contribution < 1.29 is 9.53 Å². The average molecular weight is 251 g/mol. The molecule has 3 nitrogen and oxygen atoms in total. The van der Waals surface area contributed by atoms with Crippen LogP contribution in [-0.4, -0.2) is 25.7 Å². The molecule has 0 spiro atoms. The van der Waals surface area contributed by atoms with Crippen molar-refractivity contribution in [2.75, 3.05) is 19.8 Å². The standard InChI is InChI=1S/C13H17NO2S/c1-9-2-3-11(17)6-12(9)13(15)14-7-10-4-5-16-8-10/h2-3,6,10,17H,4-5,7-8H2,1H3,(H,14,15). The number of hydrogen-bond acceptors (Lipinski definition) is 3. The number of nitrogens with one attached hydrogen (secondary N) is 1. The van der Waals surface area contributed by atoms with Gasteiger partial charge in [-0.3, -0.25) is 4.79 Å². The van der Waals surface area contributed by atoms with Gasteiger partial charge >= 0.3 is 0 Å². The van der Waals surface area contributed by atoms with Crippen LogP contribution in [0.3, 0.4) is 0 Å². The summed E-state index contributed by atoms with van der Waals surface area (Å²) in [7, 11) is 0. The lowest BCUT2D eigenvalue weighted by Gasteiger charge is -2.11. The molecule has 2 rings (SSSR count). The molecule has 1 aliphatic heterocycles. The van der Waals surface area contributed by atoms with Crippen molar-refractivity contribution in [2.45, 2.75) is 18.2 Å². The van der Waals surface area contributed by atoms with E-state index >= 15 is 0 Å². The van der Waals surface area contributed by atoms with Gasteiger partial charge in [0.25, 0.3) is 5.91 Å². The Bertz CT molecular complexity index is 414. The summed E-state index contributed by atoms with van der Waals surface area (Å²) in [6.45, 7) is 4.19. The van der Waals surface area contributed by atoms with Crippen molar-refractivity contribution in [2.24, 2.45) is 5.92 Å². The molecule has 0 radical (unpaired) electrons. The highest BCUT2D eigenvalue weighted by Crippen LogP contribution is 2.15. The van der Waals surface area contributed by atoms with Gasteiger partial charge < -0.3 is 10.1 Å². The van der Waals surface area contributed by atoms with Crippen LogP contribution in [0.1, 0.15) is 22.3 Å². The van der Waals surface area contributed by atoms with Crippen LogP contribution in [-0.2, 0) is 4.74 Å². The molecule has 1 saturated heterocycles. The van der Waals surface area contributed by atoms with Crippen LogP contribution < -0.4 is 5.32 Å². The molecule has 92 valence electrons. The first-order valence-corrected chi connectivity index (χ1v) is 6.27. The summed E-state index contributed by atoms with van der Waals surface area (Å²) in [6.07, 6.45) is 1.03. The van der Waals surface area contributed by atoms with E-state index in [-0.39, 0.29) is 5.91 Å². The van der Waals surface area contributed by atoms with Crippen molar-refractivity contribution in [1.82, 2.24) is 5.32 Å². The summed E-state index contributed by atoms with van der Waals surface area (Å²) < 4.78 is 5.27. The van der Waals surface area contributed by atoms with E-state index in [0.29, 0.717) is 18.0 Å². The second kappa shape index (κ2) is 5.56. The Labute approximate surface area is 107 Å². The predicted molar refractivity (Wildman–Crippen MR) is 69.7 cm³/mol. The van der Waals surface area contributed by atoms with Gasteiger partial charge in [0.05, 0.1) is 6.61 Å². The zero-order valence-corrected chi connectivity index (χ0v) is 10.8. The highest BCUT2D eigenvalue weighted by atomic mass is 32.1. The van der Waals surface area contributed by atoms with Crippen molar-refractivity contribution in [1.29, 1.82) is 0 Å². The van der Waals surface area contributed by atoms with Crippen LogP contribution in [0, 0.1) is 12.8 Å². The lowest BCUT2D eigenvalue weighted by Crippen LogP contribution is -2.30. The molecule has 4 heteroatoms. The molecule has 1 aromatic rings. The summed E-state index contributed by atoms with van der Waals surface area (Å²) in [5, 5.41) is 2.96. The molecule has 1 heterocycles. The number of rotatable bonds is 3. The minimum Gasteiger partial charge on any atom is -0.381 e. The third kappa shape index (κ3) is 3.23. The molecule has 1 aromatic carbocycles.